The summed E-state index contributed by atoms with van der Waals surface area (Å²) in [7, 11) is -1.76. The summed E-state index contributed by atoms with van der Waals surface area (Å²) in [6.07, 6.45) is 4.17. The first-order valence-corrected chi connectivity index (χ1v) is 14.3. The molecule has 5 nitrogen and oxygen atoms in total. The van der Waals surface area contributed by atoms with Crippen molar-refractivity contribution in [3.05, 3.63) is 24.8 Å². The molecule has 0 amide bonds. The van der Waals surface area contributed by atoms with Gasteiger partial charge in [-0.15, -0.1) is 6.58 Å². The van der Waals surface area contributed by atoms with E-state index < -0.39 is 30.0 Å². The smallest absolute Gasteiger partial charge is 0.334 e. The Hall–Kier alpha value is -0.763. The molecule has 0 aliphatic heterocycles. The monoisotopic (exact) mass is 445 g/mol. The van der Waals surface area contributed by atoms with Gasteiger partial charge in [-0.05, 0) is 58.2 Å². The fourth-order valence-corrected chi connectivity index (χ4v) is 5.03. The lowest BCUT2D eigenvalue weighted by Crippen LogP contribution is -2.45. The lowest BCUT2D eigenvalue weighted by molar-refractivity contribution is -0.136. The number of ether oxygens (including phenoxy) is 1. The van der Waals surface area contributed by atoms with E-state index in [1.54, 1.807) is 0 Å². The predicted molar refractivity (Wildman–Crippen MR) is 127 cm³/mol. The van der Waals surface area contributed by atoms with E-state index in [0.29, 0.717) is 18.6 Å². The number of hydrogen-bond donors (Lipinski definition) is 0. The van der Waals surface area contributed by atoms with Crippen LogP contribution in [0, 0.1) is 0 Å². The van der Waals surface area contributed by atoms with Crippen molar-refractivity contribution in [2.75, 3.05) is 20.3 Å². The van der Waals surface area contributed by atoms with E-state index in [-0.39, 0.29) is 17.6 Å². The zero-order valence-corrected chi connectivity index (χ0v) is 21.9. The van der Waals surface area contributed by atoms with Gasteiger partial charge in [0.15, 0.2) is 8.32 Å². The van der Waals surface area contributed by atoms with Crippen LogP contribution < -0.4 is 0 Å². The summed E-state index contributed by atoms with van der Waals surface area (Å²) in [5.41, 5.74) is 0.302. The number of esters is 1. The van der Waals surface area contributed by atoms with Crippen molar-refractivity contribution in [3.63, 3.8) is 0 Å². The van der Waals surface area contributed by atoms with Gasteiger partial charge < -0.3 is 9.16 Å². The number of nitrogens with zero attached hydrogens (tertiary/aromatic N) is 1. The molecule has 0 aliphatic carbocycles. The third kappa shape index (κ3) is 9.28. The molecule has 170 valence electrons. The Bertz CT molecular complexity index is 591. The molecule has 0 radical (unpaired) electrons. The van der Waals surface area contributed by atoms with Gasteiger partial charge in [0.2, 0.25) is 0 Å². The van der Waals surface area contributed by atoms with Crippen molar-refractivity contribution in [1.82, 2.24) is 4.31 Å². The van der Waals surface area contributed by atoms with Crippen LogP contribution in [0.1, 0.15) is 60.8 Å². The minimum Gasteiger partial charge on any atom is -0.466 e. The second-order valence-corrected chi connectivity index (χ2v) is 17.0. The Morgan fingerprint density at radius 2 is 1.76 bits per heavy atom. The summed E-state index contributed by atoms with van der Waals surface area (Å²) in [4.78, 5) is 11.9. The van der Waals surface area contributed by atoms with Crippen LogP contribution in [0.25, 0.3) is 0 Å². The van der Waals surface area contributed by atoms with Crippen LogP contribution in [0.3, 0.4) is 0 Å². The van der Waals surface area contributed by atoms with Crippen molar-refractivity contribution in [2.24, 2.45) is 0 Å². The molecule has 0 bridgehead atoms. The van der Waals surface area contributed by atoms with Gasteiger partial charge in [0.1, 0.15) is 11.0 Å². The van der Waals surface area contributed by atoms with E-state index >= 15 is 0 Å². The van der Waals surface area contributed by atoms with Gasteiger partial charge in [-0.3, -0.25) is 0 Å². The maximum Gasteiger partial charge on any atom is 0.334 e. The molecule has 0 saturated heterocycles. The molecule has 2 atom stereocenters. The third-order valence-corrected chi connectivity index (χ3v) is 11.8. The first-order valence-electron chi connectivity index (χ1n) is 10.3. The topological polar surface area (TPSA) is 55.8 Å². The lowest BCUT2D eigenvalue weighted by Gasteiger charge is -2.37. The van der Waals surface area contributed by atoms with E-state index in [1.807, 2.05) is 31.2 Å². The van der Waals surface area contributed by atoms with Crippen LogP contribution >= 0.6 is 0 Å². The second kappa shape index (κ2) is 11.6. The van der Waals surface area contributed by atoms with Crippen molar-refractivity contribution in [3.8, 4) is 0 Å². The van der Waals surface area contributed by atoms with E-state index in [9.17, 15) is 9.00 Å². The van der Waals surface area contributed by atoms with Gasteiger partial charge in [-0.25, -0.2) is 13.3 Å². The molecule has 0 spiro atoms. The van der Waals surface area contributed by atoms with Gasteiger partial charge >= 0.3 is 5.97 Å². The van der Waals surface area contributed by atoms with Crippen molar-refractivity contribution < 1.29 is 18.2 Å². The van der Waals surface area contributed by atoms with Crippen molar-refractivity contribution in [2.45, 2.75) is 89.7 Å². The third-order valence-electron chi connectivity index (χ3n) is 5.35. The molecule has 0 aromatic carbocycles. The summed E-state index contributed by atoms with van der Waals surface area (Å²) >= 11 is 0. The van der Waals surface area contributed by atoms with Crippen LogP contribution in [-0.4, -0.2) is 53.9 Å². The SMILES string of the molecule is C=CC[C@@H](CCCO[Si](C)(C)C(C)(C)C)N(CC(=C)C(=O)OC)[S@](=O)C(C)(C)C. The first kappa shape index (κ1) is 28.2. The molecule has 7 heteroatoms. The highest BCUT2D eigenvalue weighted by molar-refractivity contribution is 7.84. The molecule has 0 N–H and O–H groups in total. The highest BCUT2D eigenvalue weighted by atomic mass is 32.2. The largest absolute Gasteiger partial charge is 0.466 e. The Balaban J connectivity index is 5.32. The molecule has 0 aliphatic rings. The normalized spacial score (nSPS) is 15.1. The van der Waals surface area contributed by atoms with E-state index in [4.69, 9.17) is 9.16 Å². The minimum atomic E-state index is -1.79. The molecule has 0 saturated carbocycles. The molecule has 0 aromatic rings. The van der Waals surface area contributed by atoms with Crippen LogP contribution in [0.4, 0.5) is 0 Å². The van der Waals surface area contributed by atoms with Gasteiger partial charge in [0, 0.05) is 24.8 Å². The molecule has 0 aromatic heterocycles. The summed E-state index contributed by atoms with van der Waals surface area (Å²) in [6.45, 7) is 25.6. The zero-order valence-electron chi connectivity index (χ0n) is 20.1. The number of rotatable bonds is 12. The van der Waals surface area contributed by atoms with Crippen LogP contribution in [-0.2, 0) is 24.9 Å². The summed E-state index contributed by atoms with van der Waals surface area (Å²) in [5, 5.41) is 0.172. The van der Waals surface area contributed by atoms with E-state index in [2.05, 4.69) is 47.0 Å². The number of methoxy groups -OCH3 is 1. The minimum absolute atomic E-state index is 0.0167. The average Bonchev–Trinajstić information content (AvgIpc) is 2.59. The van der Waals surface area contributed by atoms with Crippen molar-refractivity contribution >= 4 is 25.3 Å². The number of carbonyl (C=O) groups is 1. The Labute approximate surface area is 182 Å². The van der Waals surface area contributed by atoms with Crippen LogP contribution in [0.2, 0.25) is 18.1 Å². The highest BCUT2D eigenvalue weighted by Crippen LogP contribution is 2.36. The average molecular weight is 446 g/mol. The summed E-state index contributed by atoms with van der Waals surface area (Å²) in [6, 6.07) is -0.0167. The van der Waals surface area contributed by atoms with Crippen LogP contribution in [0.15, 0.2) is 24.8 Å². The molecule has 0 rings (SSSR count). The van der Waals surface area contributed by atoms with Gasteiger partial charge in [0.25, 0.3) is 0 Å². The lowest BCUT2D eigenvalue weighted by atomic mass is 10.1. The van der Waals surface area contributed by atoms with E-state index in [0.717, 1.165) is 12.8 Å². The maximum atomic E-state index is 13.2. The molecule has 29 heavy (non-hydrogen) atoms. The molecule has 0 heterocycles. The summed E-state index contributed by atoms with van der Waals surface area (Å²) in [5.74, 6) is -0.473. The highest BCUT2D eigenvalue weighted by Gasteiger charge is 2.37. The maximum absolute atomic E-state index is 13.2. The molecular formula is C22H43NO4SSi. The summed E-state index contributed by atoms with van der Waals surface area (Å²) < 4.78 is 25.7. The number of carbonyl (C=O) groups excluding carboxylic acids is 1. The van der Waals surface area contributed by atoms with Gasteiger partial charge in [0.05, 0.1) is 11.9 Å². The fraction of sp³-hybridized carbons (Fsp3) is 0.773. The fourth-order valence-electron chi connectivity index (χ4n) is 2.51. The molecular weight excluding hydrogens is 402 g/mol. The van der Waals surface area contributed by atoms with Crippen LogP contribution in [0.5, 0.6) is 0 Å². The first-order chi connectivity index (χ1) is 13.1. The Morgan fingerprint density at radius 3 is 2.17 bits per heavy atom. The van der Waals surface area contributed by atoms with Crippen molar-refractivity contribution in [1.29, 1.82) is 0 Å². The quantitative estimate of drug-likeness (QED) is 0.136. The standard InChI is InChI=1S/C22H43NO4SSi/c1-12-14-19(15-13-16-27-29(10,11)22(6,7)8)23(28(25)21(3,4)5)17-18(2)20(24)26-9/h12,19H,1-2,13-17H2,3-11H3/t19-,28+/m0/s1. The zero-order chi connectivity index (χ0) is 23.0. The second-order valence-electron chi connectivity index (χ2n) is 9.96. The van der Waals surface area contributed by atoms with Gasteiger partial charge in [-0.2, -0.15) is 0 Å². The predicted octanol–water partition coefficient (Wildman–Crippen LogP) is 5.23. The Kier molecular flexibility index (Phi) is 11.3. The number of hydrogen-bond acceptors (Lipinski definition) is 4. The van der Waals surface area contributed by atoms with E-state index in [1.165, 1.54) is 7.11 Å². The molecule has 0 fully saturated rings. The van der Waals surface area contributed by atoms with Gasteiger partial charge in [-0.1, -0.05) is 33.4 Å². The Morgan fingerprint density at radius 1 is 1.21 bits per heavy atom. The molecule has 0 unspecified atom stereocenters.